The Labute approximate surface area is 167 Å². The summed E-state index contributed by atoms with van der Waals surface area (Å²) in [6.45, 7) is 5.83. The molecule has 0 N–H and O–H groups in total. The van der Waals surface area contributed by atoms with E-state index in [4.69, 9.17) is 11.6 Å². The highest BCUT2D eigenvalue weighted by molar-refractivity contribution is 8.03. The first-order valence-electron chi connectivity index (χ1n) is 8.83. The molecule has 2 bridgehead atoms. The average Bonchev–Trinajstić information content (AvgIpc) is 3.05. The summed E-state index contributed by atoms with van der Waals surface area (Å²) in [6.07, 6.45) is 3.22. The van der Waals surface area contributed by atoms with Crippen molar-refractivity contribution in [3.63, 3.8) is 0 Å². The molecule has 27 heavy (non-hydrogen) atoms. The number of thioether (sulfide) groups is 1. The average molecular weight is 406 g/mol. The molecule has 2 aliphatic carbocycles. The fourth-order valence-corrected chi connectivity index (χ4v) is 5.34. The Balaban J connectivity index is 2.04. The molecule has 142 valence electrons. The number of ketones is 2. The number of Topliss-reactive ketones (excluding diaryl/α,β-unsaturated/α-hetero) is 2. The summed E-state index contributed by atoms with van der Waals surface area (Å²) in [4.78, 5) is 37.7. The van der Waals surface area contributed by atoms with E-state index in [9.17, 15) is 19.7 Å². The van der Waals surface area contributed by atoms with Gasteiger partial charge in [-0.3, -0.25) is 19.7 Å². The van der Waals surface area contributed by atoms with Gasteiger partial charge in [0.1, 0.15) is 5.56 Å². The normalized spacial score (nSPS) is 21.5. The molecule has 0 saturated heterocycles. The van der Waals surface area contributed by atoms with Crippen molar-refractivity contribution in [1.29, 1.82) is 0 Å². The second kappa shape index (κ2) is 7.98. The van der Waals surface area contributed by atoms with Gasteiger partial charge in [-0.05, 0) is 50.7 Å². The van der Waals surface area contributed by atoms with Crippen LogP contribution in [0.2, 0.25) is 5.02 Å². The van der Waals surface area contributed by atoms with Crippen LogP contribution in [0.5, 0.6) is 0 Å². The zero-order valence-electron chi connectivity index (χ0n) is 15.0. The number of hydrogen-bond donors (Lipinski definition) is 0. The van der Waals surface area contributed by atoms with E-state index < -0.39 is 10.7 Å². The first-order chi connectivity index (χ1) is 12.8. The van der Waals surface area contributed by atoms with Crippen molar-refractivity contribution in [2.45, 2.75) is 32.6 Å². The minimum atomic E-state index is -0.629. The lowest BCUT2D eigenvalue weighted by Gasteiger charge is -2.24. The van der Waals surface area contributed by atoms with Crippen LogP contribution in [-0.2, 0) is 4.79 Å². The molecule has 1 saturated carbocycles. The van der Waals surface area contributed by atoms with E-state index in [1.807, 2.05) is 6.92 Å². The summed E-state index contributed by atoms with van der Waals surface area (Å²) >= 11 is 7.37. The number of allylic oxidation sites excluding steroid dienone is 3. The van der Waals surface area contributed by atoms with Gasteiger partial charge in [-0.15, -0.1) is 18.3 Å². The van der Waals surface area contributed by atoms with Gasteiger partial charge in [0, 0.05) is 27.7 Å². The largest absolute Gasteiger partial charge is 0.294 e. The number of nitrogens with zero attached hydrogens (tertiary/aromatic N) is 1. The number of fused-ring (bicyclic) bond motifs is 2. The summed E-state index contributed by atoms with van der Waals surface area (Å²) in [5.41, 5.74) is 0.741. The molecule has 0 amide bonds. The van der Waals surface area contributed by atoms with E-state index in [0.717, 1.165) is 48.0 Å². The van der Waals surface area contributed by atoms with Crippen molar-refractivity contribution in [1.82, 2.24) is 0 Å². The van der Waals surface area contributed by atoms with E-state index in [1.165, 1.54) is 23.9 Å². The number of hydrogen-bond acceptors (Lipinski definition) is 5. The Morgan fingerprint density at radius 1 is 1.37 bits per heavy atom. The van der Waals surface area contributed by atoms with Crippen molar-refractivity contribution in [2.24, 2.45) is 11.8 Å². The Bertz CT molecular complexity index is 877. The Morgan fingerprint density at radius 2 is 2.07 bits per heavy atom. The lowest BCUT2D eigenvalue weighted by Crippen LogP contribution is -2.26. The van der Waals surface area contributed by atoms with Crippen LogP contribution in [0.3, 0.4) is 0 Å². The highest BCUT2D eigenvalue weighted by Crippen LogP contribution is 2.48. The van der Waals surface area contributed by atoms with Crippen molar-refractivity contribution in [2.75, 3.05) is 5.75 Å². The van der Waals surface area contributed by atoms with Crippen LogP contribution in [-0.4, -0.2) is 22.2 Å². The van der Waals surface area contributed by atoms with E-state index in [2.05, 4.69) is 6.58 Å². The predicted octanol–water partition coefficient (Wildman–Crippen LogP) is 5.38. The fraction of sp³-hybridized carbons (Fsp3) is 0.400. The van der Waals surface area contributed by atoms with Gasteiger partial charge in [0.25, 0.3) is 5.69 Å². The SMILES string of the molecule is C=C(C)CCSC1=C(C(=O)c2ccc(Cl)cc2[N+](=O)[O-])C(=O)C2CCC1C2. The van der Waals surface area contributed by atoms with Crippen LogP contribution >= 0.6 is 23.4 Å². The zero-order valence-corrected chi connectivity index (χ0v) is 16.6. The highest BCUT2D eigenvalue weighted by atomic mass is 35.5. The molecular weight excluding hydrogens is 386 g/mol. The molecule has 5 nitrogen and oxygen atoms in total. The van der Waals surface area contributed by atoms with Crippen molar-refractivity contribution >= 4 is 40.6 Å². The van der Waals surface area contributed by atoms with Gasteiger partial charge in [-0.1, -0.05) is 17.2 Å². The maximum absolute atomic E-state index is 13.2. The third-order valence-electron chi connectivity index (χ3n) is 5.08. The van der Waals surface area contributed by atoms with E-state index in [0.29, 0.717) is 0 Å². The van der Waals surface area contributed by atoms with Gasteiger partial charge in [0.15, 0.2) is 5.78 Å². The van der Waals surface area contributed by atoms with E-state index >= 15 is 0 Å². The second-order valence-electron chi connectivity index (χ2n) is 7.11. The summed E-state index contributed by atoms with van der Waals surface area (Å²) in [7, 11) is 0. The van der Waals surface area contributed by atoms with Crippen LogP contribution in [0, 0.1) is 22.0 Å². The van der Waals surface area contributed by atoms with E-state index in [1.54, 1.807) is 0 Å². The maximum atomic E-state index is 13.2. The van der Waals surface area contributed by atoms with Crippen LogP contribution in [0.25, 0.3) is 0 Å². The zero-order chi connectivity index (χ0) is 19.7. The van der Waals surface area contributed by atoms with Crippen LogP contribution in [0.1, 0.15) is 43.0 Å². The molecule has 0 aromatic heterocycles. The van der Waals surface area contributed by atoms with Crippen LogP contribution in [0.15, 0.2) is 40.8 Å². The Hall–Kier alpha value is -1.92. The molecule has 1 fully saturated rings. The molecule has 2 atom stereocenters. The summed E-state index contributed by atoms with van der Waals surface area (Å²) < 4.78 is 0. The van der Waals surface area contributed by atoms with Gasteiger partial charge in [0.2, 0.25) is 5.78 Å². The van der Waals surface area contributed by atoms with Crippen LogP contribution < -0.4 is 0 Å². The number of carbonyl (C=O) groups is 2. The van der Waals surface area contributed by atoms with Gasteiger partial charge in [0.05, 0.1) is 10.5 Å². The standard InChI is InChI=1S/C20H20ClNO4S/c1-11(2)7-8-27-20-13-4-3-12(9-13)18(23)17(20)19(24)15-6-5-14(21)10-16(15)22(25)26/h5-6,10,12-13H,1,3-4,7-9H2,2H3. The highest BCUT2D eigenvalue weighted by Gasteiger charge is 2.44. The van der Waals surface area contributed by atoms with E-state index in [-0.39, 0.29) is 39.5 Å². The van der Waals surface area contributed by atoms with Crippen LogP contribution in [0.4, 0.5) is 5.69 Å². The van der Waals surface area contributed by atoms with Crippen molar-refractivity contribution in [3.8, 4) is 0 Å². The number of carbonyl (C=O) groups excluding carboxylic acids is 2. The predicted molar refractivity (Wildman–Crippen MR) is 107 cm³/mol. The number of nitro benzene ring substituents is 1. The number of benzene rings is 1. The number of rotatable bonds is 7. The molecule has 3 rings (SSSR count). The third kappa shape index (κ3) is 4.01. The minimum absolute atomic E-state index is 0.0768. The summed E-state index contributed by atoms with van der Waals surface area (Å²) in [6, 6.07) is 3.94. The Kier molecular flexibility index (Phi) is 5.86. The monoisotopic (exact) mass is 405 g/mol. The van der Waals surface area contributed by atoms with Gasteiger partial charge in [-0.2, -0.15) is 0 Å². The smallest absolute Gasteiger partial charge is 0.282 e. The van der Waals surface area contributed by atoms with Crippen molar-refractivity contribution in [3.05, 3.63) is 61.5 Å². The molecule has 0 radical (unpaired) electrons. The molecule has 7 heteroatoms. The van der Waals surface area contributed by atoms with Gasteiger partial charge >= 0.3 is 0 Å². The lowest BCUT2D eigenvalue weighted by atomic mass is 9.84. The van der Waals surface area contributed by atoms with Gasteiger partial charge in [-0.25, -0.2) is 0 Å². The Morgan fingerprint density at radius 3 is 2.74 bits per heavy atom. The molecule has 0 heterocycles. The quantitative estimate of drug-likeness (QED) is 0.200. The first kappa shape index (κ1) is 19.8. The van der Waals surface area contributed by atoms with Crippen molar-refractivity contribution < 1.29 is 14.5 Å². The second-order valence-corrected chi connectivity index (χ2v) is 8.69. The molecular formula is C20H20ClNO4S. The fourth-order valence-electron chi connectivity index (χ4n) is 3.72. The lowest BCUT2D eigenvalue weighted by molar-refractivity contribution is -0.385. The molecule has 1 aromatic rings. The topological polar surface area (TPSA) is 77.3 Å². The summed E-state index contributed by atoms with van der Waals surface area (Å²) in [5.74, 6) is 0.0473. The summed E-state index contributed by atoms with van der Waals surface area (Å²) in [5, 5.41) is 11.6. The first-order valence-corrected chi connectivity index (χ1v) is 10.2. The molecule has 0 spiro atoms. The molecule has 2 unspecified atom stereocenters. The number of halogens is 1. The van der Waals surface area contributed by atoms with Gasteiger partial charge < -0.3 is 0 Å². The third-order valence-corrected chi connectivity index (χ3v) is 6.57. The molecule has 0 aliphatic heterocycles. The molecule has 1 aromatic carbocycles. The maximum Gasteiger partial charge on any atom is 0.282 e. The number of nitro groups is 1. The minimum Gasteiger partial charge on any atom is -0.294 e. The molecule has 2 aliphatic rings.